The number of likely N-dealkylation sites (tertiary alicyclic amines) is 1. The van der Waals surface area contributed by atoms with Crippen LogP contribution in [0.25, 0.3) is 0 Å². The van der Waals surface area contributed by atoms with E-state index in [2.05, 4.69) is 22.3 Å². The highest BCUT2D eigenvalue weighted by Gasteiger charge is 2.21. The van der Waals surface area contributed by atoms with E-state index in [0.717, 1.165) is 37.2 Å². The van der Waals surface area contributed by atoms with Gasteiger partial charge in [0.15, 0.2) is 0 Å². The highest BCUT2D eigenvalue weighted by Crippen LogP contribution is 2.20. The lowest BCUT2D eigenvalue weighted by atomic mass is 10.0. The first kappa shape index (κ1) is 16.0. The van der Waals surface area contributed by atoms with E-state index in [1.54, 1.807) is 12.1 Å². The van der Waals surface area contributed by atoms with Gasteiger partial charge in [0.2, 0.25) is 0 Å². The van der Waals surface area contributed by atoms with Crippen molar-refractivity contribution in [1.29, 1.82) is 0 Å². The summed E-state index contributed by atoms with van der Waals surface area (Å²) in [6.45, 7) is 2.52. The summed E-state index contributed by atoms with van der Waals surface area (Å²) < 4.78 is 12.9. The Balaban J connectivity index is 1.46. The molecule has 1 aliphatic heterocycles. The Hall–Kier alpha value is -1.91. The Morgan fingerprint density at radius 1 is 1.04 bits per heavy atom. The molecule has 3 rings (SSSR count). The topological polar surface area (TPSA) is 35.5 Å². The van der Waals surface area contributed by atoms with Crippen LogP contribution in [0.5, 0.6) is 0 Å². The fourth-order valence-corrected chi connectivity index (χ4v) is 3.06. The number of nitrogens with zero attached hydrogens (tertiary/aromatic N) is 1. The number of halogens is 1. The zero-order chi connectivity index (χ0) is 16.1. The lowest BCUT2D eigenvalue weighted by molar-refractivity contribution is 0.0991. The molecule has 0 saturated carbocycles. The Labute approximate surface area is 136 Å². The second kappa shape index (κ2) is 7.57. The second-order valence-electron chi connectivity index (χ2n) is 6.15. The maximum atomic E-state index is 12.9. The molecule has 0 bridgehead atoms. The van der Waals surface area contributed by atoms with E-state index in [9.17, 15) is 9.50 Å². The fraction of sp³-hybridized carbons (Fsp3) is 0.368. The van der Waals surface area contributed by atoms with Gasteiger partial charge >= 0.3 is 0 Å². The van der Waals surface area contributed by atoms with Crippen LogP contribution in [0.1, 0.15) is 24.5 Å². The fourth-order valence-electron chi connectivity index (χ4n) is 3.06. The normalized spacial score (nSPS) is 17.8. The van der Waals surface area contributed by atoms with E-state index >= 15 is 0 Å². The summed E-state index contributed by atoms with van der Waals surface area (Å²) in [4.78, 5) is 2.27. The van der Waals surface area contributed by atoms with Gasteiger partial charge in [0, 0.05) is 31.4 Å². The van der Waals surface area contributed by atoms with Gasteiger partial charge in [-0.3, -0.25) is 0 Å². The Morgan fingerprint density at radius 3 is 2.35 bits per heavy atom. The number of piperidine rings is 1. The zero-order valence-corrected chi connectivity index (χ0v) is 13.2. The molecular weight excluding hydrogens is 291 g/mol. The number of hydrogen-bond acceptors (Lipinski definition) is 3. The minimum atomic E-state index is -0.561. The first-order valence-electron chi connectivity index (χ1n) is 8.18. The van der Waals surface area contributed by atoms with Crippen molar-refractivity contribution in [3.8, 4) is 0 Å². The summed E-state index contributed by atoms with van der Waals surface area (Å²) in [5.74, 6) is -0.270. The summed E-state index contributed by atoms with van der Waals surface area (Å²) in [6, 6.07) is 16.9. The van der Waals surface area contributed by atoms with Gasteiger partial charge < -0.3 is 15.3 Å². The summed E-state index contributed by atoms with van der Waals surface area (Å²) in [5.41, 5.74) is 1.94. The highest BCUT2D eigenvalue weighted by molar-refractivity contribution is 5.43. The summed E-state index contributed by atoms with van der Waals surface area (Å²) in [5, 5.41) is 13.8. The lowest BCUT2D eigenvalue weighted by Gasteiger charge is -2.34. The maximum absolute atomic E-state index is 12.9. The molecule has 1 heterocycles. The van der Waals surface area contributed by atoms with E-state index < -0.39 is 6.10 Å². The molecule has 2 aromatic carbocycles. The molecule has 1 aliphatic rings. The lowest BCUT2D eigenvalue weighted by Crippen LogP contribution is -2.40. The highest BCUT2D eigenvalue weighted by atomic mass is 19.1. The average Bonchev–Trinajstić information content (AvgIpc) is 2.58. The number of para-hydroxylation sites is 1. The van der Waals surface area contributed by atoms with Crippen LogP contribution in [0.15, 0.2) is 54.6 Å². The van der Waals surface area contributed by atoms with Crippen LogP contribution < -0.4 is 5.32 Å². The molecule has 0 amide bonds. The Morgan fingerprint density at radius 2 is 1.70 bits per heavy atom. The summed E-state index contributed by atoms with van der Waals surface area (Å²) in [7, 11) is 0. The molecule has 3 nitrogen and oxygen atoms in total. The molecule has 4 heteroatoms. The van der Waals surface area contributed by atoms with Crippen LogP contribution in [0, 0.1) is 5.82 Å². The molecule has 0 aliphatic carbocycles. The molecule has 0 aromatic heterocycles. The van der Waals surface area contributed by atoms with Crippen LogP contribution in [0.2, 0.25) is 0 Å². The van der Waals surface area contributed by atoms with Gasteiger partial charge in [-0.05, 0) is 42.7 Å². The monoisotopic (exact) mass is 314 g/mol. The average molecular weight is 314 g/mol. The summed E-state index contributed by atoms with van der Waals surface area (Å²) in [6.07, 6.45) is 1.56. The number of β-amino-alcohol motifs (C(OH)–C–C–N with tert-alkyl or cyclic N) is 1. The van der Waals surface area contributed by atoms with Gasteiger partial charge in [0.25, 0.3) is 0 Å². The number of rotatable bonds is 5. The van der Waals surface area contributed by atoms with Crippen molar-refractivity contribution < 1.29 is 9.50 Å². The molecule has 1 fully saturated rings. The SMILES string of the molecule is OC(CN1CCC(Nc2ccccc2)CC1)c1ccc(F)cc1. The van der Waals surface area contributed by atoms with E-state index in [4.69, 9.17) is 0 Å². The Kier molecular flexibility index (Phi) is 5.26. The van der Waals surface area contributed by atoms with Crippen molar-refractivity contribution in [2.24, 2.45) is 0 Å². The van der Waals surface area contributed by atoms with Gasteiger partial charge in [-0.15, -0.1) is 0 Å². The van der Waals surface area contributed by atoms with E-state index in [-0.39, 0.29) is 5.82 Å². The second-order valence-corrected chi connectivity index (χ2v) is 6.15. The zero-order valence-electron chi connectivity index (χ0n) is 13.2. The minimum Gasteiger partial charge on any atom is -0.387 e. The summed E-state index contributed by atoms with van der Waals surface area (Å²) >= 11 is 0. The smallest absolute Gasteiger partial charge is 0.123 e. The molecule has 122 valence electrons. The first-order valence-corrected chi connectivity index (χ1v) is 8.18. The first-order chi connectivity index (χ1) is 11.2. The molecule has 0 spiro atoms. The van der Waals surface area contributed by atoms with Gasteiger partial charge in [0.05, 0.1) is 6.10 Å². The van der Waals surface area contributed by atoms with Crippen molar-refractivity contribution in [3.63, 3.8) is 0 Å². The van der Waals surface area contributed by atoms with Crippen molar-refractivity contribution in [2.75, 3.05) is 25.0 Å². The van der Waals surface area contributed by atoms with Crippen molar-refractivity contribution in [2.45, 2.75) is 25.0 Å². The molecule has 1 saturated heterocycles. The largest absolute Gasteiger partial charge is 0.387 e. The van der Waals surface area contributed by atoms with Gasteiger partial charge in [-0.1, -0.05) is 30.3 Å². The molecule has 2 N–H and O–H groups in total. The van der Waals surface area contributed by atoms with E-state index in [0.29, 0.717) is 12.6 Å². The van der Waals surface area contributed by atoms with Crippen molar-refractivity contribution >= 4 is 5.69 Å². The minimum absolute atomic E-state index is 0.270. The number of aliphatic hydroxyl groups excluding tert-OH is 1. The van der Waals surface area contributed by atoms with Crippen LogP contribution in [-0.2, 0) is 0 Å². The quantitative estimate of drug-likeness (QED) is 0.887. The predicted molar refractivity (Wildman–Crippen MR) is 90.9 cm³/mol. The molecule has 0 radical (unpaired) electrons. The van der Waals surface area contributed by atoms with Gasteiger partial charge in [0.1, 0.15) is 5.82 Å². The molecule has 2 aromatic rings. The third-order valence-electron chi connectivity index (χ3n) is 4.42. The van der Waals surface area contributed by atoms with Crippen LogP contribution >= 0.6 is 0 Å². The number of hydrogen-bond donors (Lipinski definition) is 2. The third kappa shape index (κ3) is 4.53. The molecule has 1 unspecified atom stereocenters. The molecule has 23 heavy (non-hydrogen) atoms. The van der Waals surface area contributed by atoms with Gasteiger partial charge in [-0.25, -0.2) is 4.39 Å². The number of aliphatic hydroxyl groups is 1. The van der Waals surface area contributed by atoms with Gasteiger partial charge in [-0.2, -0.15) is 0 Å². The van der Waals surface area contributed by atoms with E-state index in [1.165, 1.54) is 12.1 Å². The van der Waals surface area contributed by atoms with Crippen LogP contribution in [-0.4, -0.2) is 35.7 Å². The predicted octanol–water partition coefficient (Wildman–Crippen LogP) is 3.44. The molecule has 1 atom stereocenters. The van der Waals surface area contributed by atoms with Crippen molar-refractivity contribution in [1.82, 2.24) is 4.90 Å². The standard InChI is InChI=1S/C19H23FN2O/c20-16-8-6-15(7-9-16)19(23)14-22-12-10-18(11-13-22)21-17-4-2-1-3-5-17/h1-9,18-19,21,23H,10-14H2. The van der Waals surface area contributed by atoms with Crippen LogP contribution in [0.3, 0.4) is 0 Å². The van der Waals surface area contributed by atoms with Crippen molar-refractivity contribution in [3.05, 3.63) is 66.0 Å². The number of benzene rings is 2. The Bertz CT molecular complexity index is 595. The van der Waals surface area contributed by atoms with E-state index in [1.807, 2.05) is 18.2 Å². The number of anilines is 1. The molecular formula is C19H23FN2O. The number of nitrogens with one attached hydrogen (secondary N) is 1. The third-order valence-corrected chi connectivity index (χ3v) is 4.42. The van der Waals surface area contributed by atoms with Crippen LogP contribution in [0.4, 0.5) is 10.1 Å². The maximum Gasteiger partial charge on any atom is 0.123 e.